The second-order valence-corrected chi connectivity index (χ2v) is 4.83. The van der Waals surface area contributed by atoms with Gasteiger partial charge in [0.05, 0.1) is 12.2 Å². The van der Waals surface area contributed by atoms with Gasteiger partial charge in [0.1, 0.15) is 0 Å². The number of hydrogen-bond donors (Lipinski definition) is 0. The van der Waals surface area contributed by atoms with Gasteiger partial charge in [-0.05, 0) is 18.4 Å². The zero-order valence-electron chi connectivity index (χ0n) is 11.2. The molecule has 4 rings (SSSR count). The first kappa shape index (κ1) is 13.8. The van der Waals surface area contributed by atoms with Gasteiger partial charge in [0, 0.05) is 37.5 Å². The smallest absolute Gasteiger partial charge is 0.187 e. The summed E-state index contributed by atoms with van der Waals surface area (Å²) in [5.74, 6) is 0. The second-order valence-electron chi connectivity index (χ2n) is 4.83. The van der Waals surface area contributed by atoms with E-state index in [4.69, 9.17) is 6.57 Å². The largest absolute Gasteiger partial charge is 0.338 e. The van der Waals surface area contributed by atoms with Crippen LogP contribution >= 0.6 is 0 Å². The topological polar surface area (TPSA) is 21.7 Å². The van der Waals surface area contributed by atoms with Gasteiger partial charge in [-0.1, -0.05) is 17.5 Å². The molecule has 0 amide bonds. The van der Waals surface area contributed by atoms with E-state index in [-0.39, 0.29) is 20.1 Å². The molecule has 2 aromatic carbocycles. The molecule has 0 aliphatic heterocycles. The maximum absolute atomic E-state index is 7.20. The second kappa shape index (κ2) is 4.96. The first-order valence-electron chi connectivity index (χ1n) is 6.37. The molecule has 1 radical (unpaired) electrons. The molecular weight excluding hydrogens is 438 g/mol. The third-order valence-electron chi connectivity index (χ3n) is 3.66. The summed E-state index contributed by atoms with van der Waals surface area (Å²) in [4.78, 5) is 8.04. The monoisotopic (exact) mass is 449 g/mol. The van der Waals surface area contributed by atoms with E-state index in [9.17, 15) is 0 Å². The van der Waals surface area contributed by atoms with E-state index in [1.807, 2.05) is 43.5 Å². The molecule has 0 spiro atoms. The first-order valence-corrected chi connectivity index (χ1v) is 6.37. The molecule has 4 aromatic rings. The van der Waals surface area contributed by atoms with Gasteiger partial charge in [-0.15, -0.1) is 29.7 Å². The number of imidazole rings is 1. The number of rotatable bonds is 0. The number of aromatic nitrogens is 2. The van der Waals surface area contributed by atoms with Crippen molar-refractivity contribution >= 4 is 33.0 Å². The van der Waals surface area contributed by atoms with Crippen molar-refractivity contribution in [3.05, 3.63) is 65.8 Å². The molecule has 0 N–H and O–H groups in total. The maximum atomic E-state index is 7.20. The van der Waals surface area contributed by atoms with Crippen LogP contribution in [0.5, 0.6) is 0 Å². The summed E-state index contributed by atoms with van der Waals surface area (Å²) in [5.41, 5.74) is 3.73. The summed E-state index contributed by atoms with van der Waals surface area (Å²) >= 11 is 0. The van der Waals surface area contributed by atoms with Crippen molar-refractivity contribution in [1.82, 2.24) is 9.38 Å². The molecule has 21 heavy (non-hydrogen) atoms. The molecule has 2 heterocycles. The van der Waals surface area contributed by atoms with E-state index in [1.54, 1.807) is 0 Å². The Morgan fingerprint density at radius 3 is 2.90 bits per heavy atom. The van der Waals surface area contributed by atoms with Crippen molar-refractivity contribution in [3.63, 3.8) is 0 Å². The number of aryl methyl sites for hydroxylation is 1. The Morgan fingerprint density at radius 2 is 2.10 bits per heavy atom. The third-order valence-corrected chi connectivity index (χ3v) is 3.66. The molecular formula is C17H10IrN3-. The normalized spacial score (nSPS) is 10.7. The van der Waals surface area contributed by atoms with Gasteiger partial charge in [0.15, 0.2) is 5.69 Å². The summed E-state index contributed by atoms with van der Waals surface area (Å²) in [5, 5.41) is 3.15. The van der Waals surface area contributed by atoms with Crippen LogP contribution in [-0.4, -0.2) is 9.38 Å². The minimum Gasteiger partial charge on any atom is -0.338 e. The van der Waals surface area contributed by atoms with Gasteiger partial charge in [0.2, 0.25) is 0 Å². The molecule has 4 heteroatoms. The summed E-state index contributed by atoms with van der Waals surface area (Å²) in [7, 11) is 0. The van der Waals surface area contributed by atoms with Gasteiger partial charge in [-0.25, -0.2) is 4.85 Å². The van der Waals surface area contributed by atoms with Crippen LogP contribution in [0.4, 0.5) is 5.69 Å². The Balaban J connectivity index is 0.00000132. The van der Waals surface area contributed by atoms with Crippen LogP contribution in [0.2, 0.25) is 0 Å². The van der Waals surface area contributed by atoms with Crippen LogP contribution in [0.3, 0.4) is 0 Å². The molecule has 0 aliphatic rings. The van der Waals surface area contributed by atoms with Crippen LogP contribution in [0, 0.1) is 19.6 Å². The molecule has 0 aliphatic carbocycles. The average molecular weight is 449 g/mol. The number of pyridine rings is 1. The summed E-state index contributed by atoms with van der Waals surface area (Å²) in [6.45, 7) is 9.24. The van der Waals surface area contributed by atoms with E-state index in [0.717, 1.165) is 33.0 Å². The van der Waals surface area contributed by atoms with Crippen LogP contribution in [0.25, 0.3) is 32.2 Å². The number of hydrogen-bond acceptors (Lipinski definition) is 1. The van der Waals surface area contributed by atoms with Crippen molar-refractivity contribution in [2.75, 3.05) is 0 Å². The van der Waals surface area contributed by atoms with Crippen molar-refractivity contribution in [2.24, 2.45) is 0 Å². The van der Waals surface area contributed by atoms with Gasteiger partial charge in [0.25, 0.3) is 0 Å². The Hall–Kier alpha value is -2.21. The Kier molecular flexibility index (Phi) is 3.25. The van der Waals surface area contributed by atoms with Crippen molar-refractivity contribution < 1.29 is 20.1 Å². The van der Waals surface area contributed by atoms with Crippen LogP contribution in [0.15, 0.2) is 42.6 Å². The average Bonchev–Trinajstić information content (AvgIpc) is 2.89. The fraction of sp³-hybridized carbons (Fsp3) is 0.0588. The standard InChI is InChI=1S/C17H10N3.Ir/c1-11-10-19-17-14-6-4-3-5-13(14)15-9-12(18-2)7-8-16(15)20(11)17;/h3-5,7-10H,1H3;/q-1;. The molecule has 0 bridgehead atoms. The van der Waals surface area contributed by atoms with E-state index >= 15 is 0 Å². The van der Waals surface area contributed by atoms with Crippen molar-refractivity contribution in [1.29, 1.82) is 0 Å². The molecule has 0 saturated heterocycles. The zero-order valence-corrected chi connectivity index (χ0v) is 13.6. The summed E-state index contributed by atoms with van der Waals surface area (Å²) in [6, 6.07) is 15.0. The molecule has 0 fully saturated rings. The predicted molar refractivity (Wildman–Crippen MR) is 80.0 cm³/mol. The van der Waals surface area contributed by atoms with Gasteiger partial charge < -0.3 is 4.40 Å². The van der Waals surface area contributed by atoms with Crippen LogP contribution < -0.4 is 0 Å². The Bertz CT molecular complexity index is 1020. The Labute approximate surface area is 135 Å². The summed E-state index contributed by atoms with van der Waals surface area (Å²) in [6.07, 6.45) is 1.87. The number of nitrogens with zero attached hydrogens (tertiary/aromatic N) is 3. The molecule has 3 nitrogen and oxygen atoms in total. The molecule has 103 valence electrons. The zero-order chi connectivity index (χ0) is 13.7. The minimum atomic E-state index is 0. The van der Waals surface area contributed by atoms with E-state index < -0.39 is 0 Å². The summed E-state index contributed by atoms with van der Waals surface area (Å²) < 4.78 is 2.13. The maximum Gasteiger partial charge on any atom is 0.187 e. The van der Waals surface area contributed by atoms with Crippen molar-refractivity contribution in [3.8, 4) is 0 Å². The van der Waals surface area contributed by atoms with Crippen molar-refractivity contribution in [2.45, 2.75) is 6.92 Å². The molecule has 0 saturated carbocycles. The SMILES string of the molecule is [C-]#[N+]c1ccc2c(c1)c1ccc[c-]c1c1ncc(C)n21.[Ir]. The van der Waals surface area contributed by atoms with E-state index in [0.29, 0.717) is 5.69 Å². The van der Waals surface area contributed by atoms with Gasteiger partial charge in [-0.3, -0.25) is 4.98 Å². The molecule has 0 atom stereocenters. The Morgan fingerprint density at radius 1 is 1.24 bits per heavy atom. The fourth-order valence-corrected chi connectivity index (χ4v) is 2.77. The van der Waals surface area contributed by atoms with E-state index in [2.05, 4.69) is 26.4 Å². The minimum absolute atomic E-state index is 0. The number of benzene rings is 2. The first-order chi connectivity index (χ1) is 9.79. The van der Waals surface area contributed by atoms with Gasteiger partial charge in [-0.2, -0.15) is 0 Å². The van der Waals surface area contributed by atoms with E-state index in [1.165, 1.54) is 0 Å². The molecule has 0 unspecified atom stereocenters. The van der Waals surface area contributed by atoms with Gasteiger partial charge >= 0.3 is 0 Å². The quantitative estimate of drug-likeness (QED) is 0.290. The van der Waals surface area contributed by atoms with Crippen LogP contribution in [-0.2, 0) is 20.1 Å². The third kappa shape index (κ3) is 1.86. The predicted octanol–water partition coefficient (Wildman–Crippen LogP) is 4.30. The number of fused-ring (bicyclic) bond motifs is 6. The fourth-order valence-electron chi connectivity index (χ4n) is 2.77. The van der Waals surface area contributed by atoms with Crippen LogP contribution in [0.1, 0.15) is 5.69 Å². The molecule has 2 aromatic heterocycles.